The Morgan fingerprint density at radius 3 is 2.48 bits per heavy atom. The molecule has 2 rings (SSSR count). The third-order valence-electron chi connectivity index (χ3n) is 3.65. The number of benzene rings is 2. The van der Waals surface area contributed by atoms with Crippen molar-refractivity contribution < 1.29 is 14.7 Å². The fraction of sp³-hybridized carbons (Fsp3) is 0.263. The number of hydrogen-bond donors (Lipinski definition) is 2. The molecule has 0 radical (unpaired) electrons. The first-order valence-electron chi connectivity index (χ1n) is 7.68. The van der Waals surface area contributed by atoms with Crippen molar-refractivity contribution in [2.45, 2.75) is 32.2 Å². The Balaban J connectivity index is 2.07. The van der Waals surface area contributed by atoms with E-state index in [2.05, 4.69) is 5.32 Å². The average Bonchev–Trinajstić information content (AvgIpc) is 2.53. The lowest BCUT2D eigenvalue weighted by Gasteiger charge is -2.18. The van der Waals surface area contributed by atoms with E-state index in [0.29, 0.717) is 18.4 Å². The van der Waals surface area contributed by atoms with Crippen LogP contribution >= 0.6 is 0 Å². The molecule has 2 N–H and O–H groups in total. The van der Waals surface area contributed by atoms with E-state index in [-0.39, 0.29) is 18.4 Å². The lowest BCUT2D eigenvalue weighted by Crippen LogP contribution is -2.37. The first-order valence-corrected chi connectivity index (χ1v) is 7.68. The predicted molar refractivity (Wildman–Crippen MR) is 89.4 cm³/mol. The second-order valence-corrected chi connectivity index (χ2v) is 5.66. The van der Waals surface area contributed by atoms with E-state index in [1.165, 1.54) is 0 Å². The number of carbonyl (C=O) groups excluding carboxylic acids is 1. The summed E-state index contributed by atoms with van der Waals surface area (Å²) in [6.07, 6.45) is 1.05. The quantitative estimate of drug-likeness (QED) is 0.825. The molecule has 0 aliphatic heterocycles. The number of carbonyl (C=O) groups is 2. The highest BCUT2D eigenvalue weighted by atomic mass is 16.4. The Kier molecular flexibility index (Phi) is 5.92. The summed E-state index contributed by atoms with van der Waals surface area (Å²) in [4.78, 5) is 23.2. The number of carboxylic acids is 1. The maximum atomic E-state index is 12.4. The maximum Gasteiger partial charge on any atom is 0.303 e. The topological polar surface area (TPSA) is 66.4 Å². The molecule has 0 spiro atoms. The molecule has 0 bridgehead atoms. The molecule has 1 atom stereocenters. The summed E-state index contributed by atoms with van der Waals surface area (Å²) in [7, 11) is 0. The van der Waals surface area contributed by atoms with Crippen LogP contribution in [0.1, 0.15) is 34.3 Å². The fourth-order valence-electron chi connectivity index (χ4n) is 2.48. The minimum absolute atomic E-state index is 0.0333. The van der Waals surface area contributed by atoms with Crippen molar-refractivity contribution in [1.29, 1.82) is 0 Å². The van der Waals surface area contributed by atoms with E-state index in [1.54, 1.807) is 6.07 Å². The van der Waals surface area contributed by atoms with Gasteiger partial charge < -0.3 is 10.4 Å². The molecule has 0 fully saturated rings. The minimum Gasteiger partial charge on any atom is -0.481 e. The van der Waals surface area contributed by atoms with E-state index in [1.807, 2.05) is 55.5 Å². The second-order valence-electron chi connectivity index (χ2n) is 5.66. The zero-order valence-corrected chi connectivity index (χ0v) is 13.2. The molecule has 2 aromatic carbocycles. The van der Waals surface area contributed by atoms with Gasteiger partial charge in [0.25, 0.3) is 5.91 Å². The Hall–Kier alpha value is -2.62. The van der Waals surface area contributed by atoms with Crippen LogP contribution in [0.3, 0.4) is 0 Å². The fourth-order valence-corrected chi connectivity index (χ4v) is 2.48. The molecule has 1 amide bonds. The third-order valence-corrected chi connectivity index (χ3v) is 3.65. The third kappa shape index (κ3) is 5.58. The van der Waals surface area contributed by atoms with E-state index in [9.17, 15) is 9.59 Å². The summed E-state index contributed by atoms with van der Waals surface area (Å²) >= 11 is 0. The predicted octanol–water partition coefficient (Wildman–Crippen LogP) is 3.20. The van der Waals surface area contributed by atoms with Crippen LogP contribution in [0.4, 0.5) is 0 Å². The molecule has 1 unspecified atom stereocenters. The first-order chi connectivity index (χ1) is 11.0. The number of amides is 1. The Morgan fingerprint density at radius 2 is 1.83 bits per heavy atom. The molecule has 120 valence electrons. The SMILES string of the molecule is Cc1cccc(C(=O)NC(CCC(=O)O)Cc2ccccc2)c1. The van der Waals surface area contributed by atoms with E-state index >= 15 is 0 Å². The van der Waals surface area contributed by atoms with Gasteiger partial charge in [0.1, 0.15) is 0 Å². The molecular formula is C19H21NO3. The van der Waals surface area contributed by atoms with Gasteiger partial charge in [0.05, 0.1) is 0 Å². The van der Waals surface area contributed by atoms with Crippen LogP contribution < -0.4 is 5.32 Å². The zero-order valence-electron chi connectivity index (χ0n) is 13.2. The van der Waals surface area contributed by atoms with Gasteiger partial charge >= 0.3 is 5.97 Å². The number of carboxylic acid groups (broad SMARTS) is 1. The standard InChI is InChI=1S/C19H21NO3/c1-14-6-5-9-16(12-14)19(23)20-17(10-11-18(21)22)13-15-7-3-2-4-8-15/h2-9,12,17H,10-11,13H2,1H3,(H,20,23)(H,21,22). The highest BCUT2D eigenvalue weighted by Crippen LogP contribution is 2.10. The van der Waals surface area contributed by atoms with Crippen LogP contribution in [0.5, 0.6) is 0 Å². The van der Waals surface area contributed by atoms with Crippen molar-refractivity contribution in [3.63, 3.8) is 0 Å². The summed E-state index contributed by atoms with van der Waals surface area (Å²) in [5.41, 5.74) is 2.69. The Labute approximate surface area is 136 Å². The molecule has 0 saturated carbocycles. The van der Waals surface area contributed by atoms with Crippen molar-refractivity contribution in [3.05, 3.63) is 71.3 Å². The van der Waals surface area contributed by atoms with E-state index in [0.717, 1.165) is 11.1 Å². The highest BCUT2D eigenvalue weighted by Gasteiger charge is 2.16. The Morgan fingerprint density at radius 1 is 1.09 bits per heavy atom. The molecular weight excluding hydrogens is 290 g/mol. The molecule has 0 aromatic heterocycles. The lowest BCUT2D eigenvalue weighted by atomic mass is 10.0. The second kappa shape index (κ2) is 8.13. The van der Waals surface area contributed by atoms with Crippen LogP contribution in [-0.2, 0) is 11.2 Å². The molecule has 0 aliphatic carbocycles. The van der Waals surface area contributed by atoms with Gasteiger partial charge in [0, 0.05) is 18.0 Å². The molecule has 0 aliphatic rings. The number of nitrogens with one attached hydrogen (secondary N) is 1. The van der Waals surface area contributed by atoms with Gasteiger partial charge in [-0.25, -0.2) is 0 Å². The number of rotatable bonds is 7. The first kappa shape index (κ1) is 16.7. The highest BCUT2D eigenvalue weighted by molar-refractivity contribution is 5.94. The van der Waals surface area contributed by atoms with Crippen LogP contribution in [-0.4, -0.2) is 23.0 Å². The van der Waals surface area contributed by atoms with Crippen LogP contribution in [0.25, 0.3) is 0 Å². The normalized spacial score (nSPS) is 11.7. The number of hydrogen-bond acceptors (Lipinski definition) is 2. The van der Waals surface area contributed by atoms with Crippen LogP contribution in [0.2, 0.25) is 0 Å². The summed E-state index contributed by atoms with van der Waals surface area (Å²) < 4.78 is 0. The van der Waals surface area contributed by atoms with Crippen molar-refractivity contribution in [2.24, 2.45) is 0 Å². The lowest BCUT2D eigenvalue weighted by molar-refractivity contribution is -0.137. The van der Waals surface area contributed by atoms with Crippen molar-refractivity contribution in [3.8, 4) is 0 Å². The zero-order chi connectivity index (χ0) is 16.7. The maximum absolute atomic E-state index is 12.4. The molecule has 4 nitrogen and oxygen atoms in total. The largest absolute Gasteiger partial charge is 0.481 e. The summed E-state index contributed by atoms with van der Waals surface area (Å²) in [5, 5.41) is 11.9. The molecule has 4 heteroatoms. The van der Waals surface area contributed by atoms with Crippen LogP contribution in [0.15, 0.2) is 54.6 Å². The molecule has 23 heavy (non-hydrogen) atoms. The van der Waals surface area contributed by atoms with Crippen molar-refractivity contribution in [1.82, 2.24) is 5.32 Å². The molecule has 2 aromatic rings. The summed E-state index contributed by atoms with van der Waals surface area (Å²) in [6, 6.07) is 16.9. The minimum atomic E-state index is -0.854. The summed E-state index contributed by atoms with van der Waals surface area (Å²) in [5.74, 6) is -1.02. The molecule has 0 saturated heterocycles. The van der Waals surface area contributed by atoms with Gasteiger partial charge in [-0.15, -0.1) is 0 Å². The Bertz CT molecular complexity index is 667. The van der Waals surface area contributed by atoms with Gasteiger partial charge in [0.2, 0.25) is 0 Å². The van der Waals surface area contributed by atoms with Gasteiger partial charge in [-0.3, -0.25) is 9.59 Å². The average molecular weight is 311 g/mol. The smallest absolute Gasteiger partial charge is 0.303 e. The van der Waals surface area contributed by atoms with E-state index < -0.39 is 5.97 Å². The van der Waals surface area contributed by atoms with Gasteiger partial charge in [0.15, 0.2) is 0 Å². The number of aliphatic carboxylic acids is 1. The summed E-state index contributed by atoms with van der Waals surface area (Å²) in [6.45, 7) is 1.93. The number of aryl methyl sites for hydroxylation is 1. The monoisotopic (exact) mass is 311 g/mol. The van der Waals surface area contributed by atoms with Gasteiger partial charge in [-0.1, -0.05) is 48.0 Å². The van der Waals surface area contributed by atoms with Gasteiger partial charge in [-0.05, 0) is 37.5 Å². The van der Waals surface area contributed by atoms with Crippen molar-refractivity contribution in [2.75, 3.05) is 0 Å². The van der Waals surface area contributed by atoms with Gasteiger partial charge in [-0.2, -0.15) is 0 Å². The van der Waals surface area contributed by atoms with Crippen molar-refractivity contribution >= 4 is 11.9 Å². The molecule has 0 heterocycles. The van der Waals surface area contributed by atoms with E-state index in [4.69, 9.17) is 5.11 Å². The van der Waals surface area contributed by atoms with Crippen LogP contribution in [0, 0.1) is 6.92 Å².